The zero-order valence-electron chi connectivity index (χ0n) is 11.5. The highest BCUT2D eigenvalue weighted by Crippen LogP contribution is 2.26. The highest BCUT2D eigenvalue weighted by molar-refractivity contribution is 9.09. The van der Waals surface area contributed by atoms with Crippen molar-refractivity contribution in [3.05, 3.63) is 29.3 Å². The van der Waals surface area contributed by atoms with Gasteiger partial charge in [-0.3, -0.25) is 4.79 Å². The second-order valence-electron chi connectivity index (χ2n) is 5.23. The lowest BCUT2D eigenvalue weighted by molar-refractivity contribution is 0.0901. The minimum absolute atomic E-state index is 0.000000000000000222. The largest absolute Gasteiger partial charge is 0.493 e. The fourth-order valence-corrected chi connectivity index (χ4v) is 3.09. The molecule has 1 amide bonds. The SMILES string of the molecule is CCC(C)(CCBr)NC(=O)c1ccc2c(c1)CCO2. The number of nitrogens with one attached hydrogen (secondary N) is 1. The summed E-state index contributed by atoms with van der Waals surface area (Å²) in [6.07, 6.45) is 2.73. The molecular formula is C15H20BrNO2. The predicted octanol–water partition coefficient (Wildman–Crippen LogP) is 3.31. The number of alkyl halides is 1. The van der Waals surface area contributed by atoms with Gasteiger partial charge in [-0.15, -0.1) is 0 Å². The minimum atomic E-state index is -0.157. The molecule has 1 aromatic carbocycles. The van der Waals surface area contributed by atoms with Gasteiger partial charge >= 0.3 is 0 Å². The van der Waals surface area contributed by atoms with Crippen molar-refractivity contribution in [2.45, 2.75) is 38.6 Å². The Morgan fingerprint density at radius 2 is 2.32 bits per heavy atom. The zero-order valence-corrected chi connectivity index (χ0v) is 13.0. The Morgan fingerprint density at radius 1 is 1.53 bits per heavy atom. The summed E-state index contributed by atoms with van der Waals surface area (Å²) in [5.74, 6) is 0.912. The third-order valence-electron chi connectivity index (χ3n) is 3.79. The fourth-order valence-electron chi connectivity index (χ4n) is 2.21. The first-order chi connectivity index (χ1) is 9.08. The third-order valence-corrected chi connectivity index (χ3v) is 4.19. The monoisotopic (exact) mass is 325 g/mol. The van der Waals surface area contributed by atoms with E-state index in [0.29, 0.717) is 0 Å². The molecule has 0 aliphatic carbocycles. The number of carbonyl (C=O) groups is 1. The normalized spacial score (nSPS) is 16.4. The van der Waals surface area contributed by atoms with E-state index in [1.807, 2.05) is 18.2 Å². The van der Waals surface area contributed by atoms with Gasteiger partial charge in [0.25, 0.3) is 5.91 Å². The van der Waals surface area contributed by atoms with Crippen molar-refractivity contribution in [1.82, 2.24) is 5.32 Å². The number of rotatable bonds is 5. The van der Waals surface area contributed by atoms with Gasteiger partial charge in [0, 0.05) is 22.9 Å². The second kappa shape index (κ2) is 5.95. The Kier molecular flexibility index (Phi) is 4.50. The maximum atomic E-state index is 12.3. The van der Waals surface area contributed by atoms with E-state index < -0.39 is 0 Å². The Balaban J connectivity index is 2.11. The van der Waals surface area contributed by atoms with Crippen molar-refractivity contribution in [3.63, 3.8) is 0 Å². The Bertz CT molecular complexity index is 475. The number of amides is 1. The average molecular weight is 326 g/mol. The smallest absolute Gasteiger partial charge is 0.251 e. The van der Waals surface area contributed by atoms with Crippen LogP contribution >= 0.6 is 15.9 Å². The van der Waals surface area contributed by atoms with Crippen LogP contribution in [0.25, 0.3) is 0 Å². The molecular weight excluding hydrogens is 306 g/mol. The summed E-state index contributed by atoms with van der Waals surface area (Å²) in [5, 5.41) is 4.03. The maximum Gasteiger partial charge on any atom is 0.251 e. The van der Waals surface area contributed by atoms with Crippen LogP contribution in [-0.4, -0.2) is 23.4 Å². The summed E-state index contributed by atoms with van der Waals surface area (Å²) in [6.45, 7) is 4.90. The van der Waals surface area contributed by atoms with Crippen LogP contribution in [-0.2, 0) is 6.42 Å². The fraction of sp³-hybridized carbons (Fsp3) is 0.533. The molecule has 0 fully saturated rings. The molecule has 1 aliphatic heterocycles. The molecule has 3 nitrogen and oxygen atoms in total. The first-order valence-corrected chi connectivity index (χ1v) is 7.84. The van der Waals surface area contributed by atoms with Crippen LogP contribution in [0.2, 0.25) is 0 Å². The minimum Gasteiger partial charge on any atom is -0.493 e. The van der Waals surface area contributed by atoms with E-state index in [1.54, 1.807) is 0 Å². The van der Waals surface area contributed by atoms with Gasteiger partial charge in [0.05, 0.1) is 6.61 Å². The van der Waals surface area contributed by atoms with Crippen molar-refractivity contribution in [1.29, 1.82) is 0 Å². The van der Waals surface area contributed by atoms with Crippen LogP contribution in [0.3, 0.4) is 0 Å². The molecule has 1 unspecified atom stereocenters. The van der Waals surface area contributed by atoms with E-state index in [2.05, 4.69) is 35.1 Å². The number of benzene rings is 1. The number of halogens is 1. The first kappa shape index (κ1) is 14.4. The molecule has 4 heteroatoms. The van der Waals surface area contributed by atoms with E-state index in [0.717, 1.165) is 48.1 Å². The van der Waals surface area contributed by atoms with Gasteiger partial charge in [-0.05, 0) is 43.5 Å². The lowest BCUT2D eigenvalue weighted by Gasteiger charge is -2.29. The molecule has 1 atom stereocenters. The Morgan fingerprint density at radius 3 is 3.00 bits per heavy atom. The van der Waals surface area contributed by atoms with Gasteiger partial charge in [-0.1, -0.05) is 22.9 Å². The zero-order chi connectivity index (χ0) is 13.9. The summed E-state index contributed by atoms with van der Waals surface area (Å²) in [7, 11) is 0. The molecule has 0 radical (unpaired) electrons. The number of fused-ring (bicyclic) bond motifs is 1. The van der Waals surface area contributed by atoms with Crippen LogP contribution in [0.4, 0.5) is 0 Å². The van der Waals surface area contributed by atoms with E-state index in [-0.39, 0.29) is 11.4 Å². The molecule has 0 aromatic heterocycles. The molecule has 2 rings (SSSR count). The van der Waals surface area contributed by atoms with Crippen molar-refractivity contribution < 1.29 is 9.53 Å². The van der Waals surface area contributed by atoms with Crippen molar-refractivity contribution >= 4 is 21.8 Å². The second-order valence-corrected chi connectivity index (χ2v) is 6.02. The van der Waals surface area contributed by atoms with Crippen molar-refractivity contribution in [2.75, 3.05) is 11.9 Å². The lowest BCUT2D eigenvalue weighted by Crippen LogP contribution is -2.45. The number of ether oxygens (including phenoxy) is 1. The number of carbonyl (C=O) groups excluding carboxylic acids is 1. The third kappa shape index (κ3) is 3.30. The quantitative estimate of drug-likeness (QED) is 0.843. The molecule has 0 saturated heterocycles. The van der Waals surface area contributed by atoms with Crippen LogP contribution in [0.15, 0.2) is 18.2 Å². The van der Waals surface area contributed by atoms with Crippen molar-refractivity contribution in [2.24, 2.45) is 0 Å². The Hall–Kier alpha value is -1.03. The van der Waals surface area contributed by atoms with Gasteiger partial charge in [-0.2, -0.15) is 0 Å². The summed E-state index contributed by atoms with van der Waals surface area (Å²) in [5.41, 5.74) is 1.70. The molecule has 1 heterocycles. The average Bonchev–Trinajstić information content (AvgIpc) is 2.86. The van der Waals surface area contributed by atoms with E-state index in [9.17, 15) is 4.79 Å². The summed E-state index contributed by atoms with van der Waals surface area (Å²) in [6, 6.07) is 5.68. The summed E-state index contributed by atoms with van der Waals surface area (Å²) in [4.78, 5) is 12.3. The van der Waals surface area contributed by atoms with Crippen molar-refractivity contribution in [3.8, 4) is 5.75 Å². The number of hydrogen-bond donors (Lipinski definition) is 1. The molecule has 0 bridgehead atoms. The van der Waals surface area contributed by atoms with Gasteiger partial charge in [0.2, 0.25) is 0 Å². The topological polar surface area (TPSA) is 38.3 Å². The number of hydrogen-bond acceptors (Lipinski definition) is 2. The molecule has 0 saturated carbocycles. The summed E-state index contributed by atoms with van der Waals surface area (Å²) < 4.78 is 5.46. The standard InChI is InChI=1S/C15H20BrNO2/c1-3-15(2,7-8-16)17-14(18)12-4-5-13-11(10-12)6-9-19-13/h4-5,10H,3,6-9H2,1-2H3,(H,17,18). The van der Waals surface area contributed by atoms with Gasteiger partial charge in [0.1, 0.15) is 5.75 Å². The van der Waals surface area contributed by atoms with E-state index >= 15 is 0 Å². The van der Waals surface area contributed by atoms with Gasteiger partial charge in [0.15, 0.2) is 0 Å². The maximum absolute atomic E-state index is 12.3. The molecule has 19 heavy (non-hydrogen) atoms. The lowest BCUT2D eigenvalue weighted by atomic mass is 9.95. The van der Waals surface area contributed by atoms with E-state index in [1.165, 1.54) is 0 Å². The molecule has 0 spiro atoms. The van der Waals surface area contributed by atoms with Crippen LogP contribution in [0.1, 0.15) is 42.6 Å². The Labute approximate surface area is 122 Å². The van der Waals surface area contributed by atoms with Crippen LogP contribution in [0.5, 0.6) is 5.75 Å². The molecule has 1 aromatic rings. The summed E-state index contributed by atoms with van der Waals surface area (Å²) >= 11 is 3.44. The van der Waals surface area contributed by atoms with E-state index in [4.69, 9.17) is 4.74 Å². The van der Waals surface area contributed by atoms with Crippen LogP contribution in [0, 0.1) is 0 Å². The molecule has 1 N–H and O–H groups in total. The highest BCUT2D eigenvalue weighted by Gasteiger charge is 2.24. The highest BCUT2D eigenvalue weighted by atomic mass is 79.9. The first-order valence-electron chi connectivity index (χ1n) is 6.72. The molecule has 1 aliphatic rings. The van der Waals surface area contributed by atoms with Gasteiger partial charge < -0.3 is 10.1 Å². The van der Waals surface area contributed by atoms with Gasteiger partial charge in [-0.25, -0.2) is 0 Å². The molecule has 104 valence electrons. The predicted molar refractivity (Wildman–Crippen MR) is 80.2 cm³/mol. The van der Waals surface area contributed by atoms with Crippen LogP contribution < -0.4 is 10.1 Å².